The van der Waals surface area contributed by atoms with Crippen molar-refractivity contribution in [2.45, 2.75) is 19.4 Å². The fraction of sp³-hybridized carbons (Fsp3) is 0.158. The molecule has 1 aliphatic heterocycles. The third-order valence-corrected chi connectivity index (χ3v) is 3.95. The minimum atomic E-state index is -0.363. The number of halogens is 1. The Balaban J connectivity index is 1.82. The largest absolute Gasteiger partial charge is 0.295 e. The molecule has 5 heteroatoms. The van der Waals surface area contributed by atoms with Gasteiger partial charge in [-0.2, -0.15) is 0 Å². The summed E-state index contributed by atoms with van der Waals surface area (Å²) < 4.78 is 13.1. The third-order valence-electron chi connectivity index (χ3n) is 3.95. The molecule has 1 unspecified atom stereocenters. The number of nitrogens with zero attached hydrogens (tertiary/aromatic N) is 1. The van der Waals surface area contributed by atoms with E-state index < -0.39 is 0 Å². The molecule has 4 nitrogen and oxygen atoms in total. The van der Waals surface area contributed by atoms with Crippen LogP contribution in [0.25, 0.3) is 0 Å². The van der Waals surface area contributed by atoms with Crippen LogP contribution in [-0.2, 0) is 4.79 Å². The number of benzene rings is 2. The smallest absolute Gasteiger partial charge is 0.269 e. The third kappa shape index (κ3) is 3.51. The molecule has 3 rings (SSSR count). The van der Waals surface area contributed by atoms with Crippen LogP contribution in [0, 0.1) is 12.7 Å². The zero-order chi connectivity index (χ0) is 17.1. The highest BCUT2D eigenvalue weighted by Gasteiger charge is 2.25. The Morgan fingerprint density at radius 1 is 1.12 bits per heavy atom. The van der Waals surface area contributed by atoms with Crippen molar-refractivity contribution in [1.82, 2.24) is 10.4 Å². The standard InChI is InChI=1S/C19H17FN2O2/c1-13-2-4-15(5-3-13)19(24)21-22-11-10-17(23)12-18(22)14-6-8-16(20)9-7-14/h2-11,18H,12H2,1H3,(H,21,24). The number of carbonyl (C=O) groups is 2. The predicted octanol–water partition coefficient (Wildman–Crippen LogP) is 3.31. The van der Waals surface area contributed by atoms with Crippen LogP contribution in [0.5, 0.6) is 0 Å². The van der Waals surface area contributed by atoms with Crippen molar-refractivity contribution >= 4 is 11.7 Å². The first-order valence-corrected chi connectivity index (χ1v) is 7.65. The first kappa shape index (κ1) is 15.9. The molecule has 0 spiro atoms. The molecule has 0 bridgehead atoms. The molecule has 0 aliphatic carbocycles. The Hall–Kier alpha value is -2.95. The minimum absolute atomic E-state index is 0.0369. The Morgan fingerprint density at radius 2 is 1.79 bits per heavy atom. The lowest BCUT2D eigenvalue weighted by molar-refractivity contribution is -0.116. The summed E-state index contributed by atoms with van der Waals surface area (Å²) in [5, 5.41) is 1.59. The molecule has 0 radical (unpaired) electrons. The average Bonchev–Trinajstić information content (AvgIpc) is 2.58. The van der Waals surface area contributed by atoms with Gasteiger partial charge >= 0.3 is 0 Å². The second kappa shape index (κ2) is 6.66. The van der Waals surface area contributed by atoms with E-state index in [1.165, 1.54) is 18.2 Å². The molecular formula is C19H17FN2O2. The number of ketones is 1. The quantitative estimate of drug-likeness (QED) is 0.942. The number of hydrazine groups is 1. The van der Waals surface area contributed by atoms with Crippen molar-refractivity contribution < 1.29 is 14.0 Å². The summed E-state index contributed by atoms with van der Waals surface area (Å²) in [7, 11) is 0. The highest BCUT2D eigenvalue weighted by atomic mass is 19.1. The topological polar surface area (TPSA) is 49.4 Å². The maximum Gasteiger partial charge on any atom is 0.269 e. The van der Waals surface area contributed by atoms with Crippen molar-refractivity contribution in [2.24, 2.45) is 0 Å². The predicted molar refractivity (Wildman–Crippen MR) is 88.4 cm³/mol. The van der Waals surface area contributed by atoms with Gasteiger partial charge in [0.25, 0.3) is 5.91 Å². The minimum Gasteiger partial charge on any atom is -0.295 e. The monoisotopic (exact) mass is 324 g/mol. The van der Waals surface area contributed by atoms with Gasteiger partial charge in [-0.1, -0.05) is 29.8 Å². The second-order valence-electron chi connectivity index (χ2n) is 5.77. The van der Waals surface area contributed by atoms with Gasteiger partial charge in [0, 0.05) is 18.2 Å². The van der Waals surface area contributed by atoms with Gasteiger partial charge in [-0.3, -0.25) is 20.0 Å². The fourth-order valence-corrected chi connectivity index (χ4v) is 2.59. The summed E-state index contributed by atoms with van der Waals surface area (Å²) in [6, 6.07) is 12.8. The number of nitrogens with one attached hydrogen (secondary N) is 1. The Labute approximate surface area is 139 Å². The Bertz CT molecular complexity index is 782. The van der Waals surface area contributed by atoms with Gasteiger partial charge in [-0.05, 0) is 42.8 Å². The molecule has 2 aromatic carbocycles. The molecule has 122 valence electrons. The van der Waals surface area contributed by atoms with E-state index in [1.54, 1.807) is 35.5 Å². The second-order valence-corrected chi connectivity index (χ2v) is 5.77. The zero-order valence-corrected chi connectivity index (χ0v) is 13.2. The van der Waals surface area contributed by atoms with E-state index in [9.17, 15) is 14.0 Å². The first-order valence-electron chi connectivity index (χ1n) is 7.65. The molecule has 1 aliphatic rings. The Kier molecular flexibility index (Phi) is 4.42. The van der Waals surface area contributed by atoms with Crippen LogP contribution in [0.2, 0.25) is 0 Å². The number of aryl methyl sites for hydroxylation is 1. The van der Waals surface area contributed by atoms with Gasteiger partial charge in [-0.25, -0.2) is 4.39 Å². The molecule has 1 amide bonds. The van der Waals surface area contributed by atoms with E-state index in [2.05, 4.69) is 5.43 Å². The van der Waals surface area contributed by atoms with Crippen LogP contribution >= 0.6 is 0 Å². The van der Waals surface area contributed by atoms with Gasteiger partial charge in [0.1, 0.15) is 5.82 Å². The van der Waals surface area contributed by atoms with Crippen LogP contribution in [-0.4, -0.2) is 16.7 Å². The Morgan fingerprint density at radius 3 is 2.46 bits per heavy atom. The van der Waals surface area contributed by atoms with Crippen LogP contribution in [0.1, 0.15) is 33.9 Å². The van der Waals surface area contributed by atoms with Crippen LogP contribution in [0.3, 0.4) is 0 Å². The summed E-state index contributed by atoms with van der Waals surface area (Å²) >= 11 is 0. The van der Waals surface area contributed by atoms with Crippen molar-refractivity contribution in [2.75, 3.05) is 0 Å². The molecule has 0 aromatic heterocycles. The van der Waals surface area contributed by atoms with E-state index >= 15 is 0 Å². The number of hydrogen-bond donors (Lipinski definition) is 1. The number of carbonyl (C=O) groups excluding carboxylic acids is 2. The molecule has 1 atom stereocenters. The normalized spacial score (nSPS) is 17.0. The molecule has 0 saturated carbocycles. The molecule has 0 saturated heterocycles. The molecular weight excluding hydrogens is 307 g/mol. The fourth-order valence-electron chi connectivity index (χ4n) is 2.59. The number of hydrogen-bond acceptors (Lipinski definition) is 3. The van der Waals surface area contributed by atoms with E-state index in [0.717, 1.165) is 11.1 Å². The number of rotatable bonds is 3. The molecule has 1 heterocycles. The van der Waals surface area contributed by atoms with E-state index in [0.29, 0.717) is 5.56 Å². The van der Waals surface area contributed by atoms with Crippen LogP contribution in [0.4, 0.5) is 4.39 Å². The molecule has 0 fully saturated rings. The number of amides is 1. The van der Waals surface area contributed by atoms with E-state index in [4.69, 9.17) is 0 Å². The van der Waals surface area contributed by atoms with Crippen molar-refractivity contribution in [1.29, 1.82) is 0 Å². The van der Waals surface area contributed by atoms with E-state index in [1.807, 2.05) is 19.1 Å². The highest BCUT2D eigenvalue weighted by Crippen LogP contribution is 2.27. The van der Waals surface area contributed by atoms with Crippen LogP contribution < -0.4 is 5.43 Å². The summed E-state index contributed by atoms with van der Waals surface area (Å²) in [5.41, 5.74) is 5.16. The summed E-state index contributed by atoms with van der Waals surface area (Å²) in [4.78, 5) is 24.2. The van der Waals surface area contributed by atoms with Gasteiger partial charge in [-0.15, -0.1) is 0 Å². The molecule has 2 aromatic rings. The zero-order valence-electron chi connectivity index (χ0n) is 13.2. The van der Waals surface area contributed by atoms with E-state index in [-0.39, 0.29) is 30.0 Å². The molecule has 1 N–H and O–H groups in total. The first-order chi connectivity index (χ1) is 11.5. The maximum atomic E-state index is 13.1. The van der Waals surface area contributed by atoms with Crippen LogP contribution in [0.15, 0.2) is 60.8 Å². The highest BCUT2D eigenvalue weighted by molar-refractivity contribution is 5.94. The lowest BCUT2D eigenvalue weighted by Crippen LogP contribution is -2.43. The SMILES string of the molecule is Cc1ccc(C(=O)NN2C=CC(=O)CC2c2ccc(F)cc2)cc1. The summed E-state index contributed by atoms with van der Waals surface area (Å²) in [5.74, 6) is -0.641. The van der Waals surface area contributed by atoms with Crippen molar-refractivity contribution in [3.63, 3.8) is 0 Å². The molecule has 24 heavy (non-hydrogen) atoms. The van der Waals surface area contributed by atoms with Gasteiger partial charge in [0.05, 0.1) is 6.04 Å². The summed E-state index contributed by atoms with van der Waals surface area (Å²) in [6.07, 6.45) is 3.19. The average molecular weight is 324 g/mol. The summed E-state index contributed by atoms with van der Waals surface area (Å²) in [6.45, 7) is 1.95. The lowest BCUT2D eigenvalue weighted by Gasteiger charge is -2.33. The number of allylic oxidation sites excluding steroid dienone is 1. The maximum absolute atomic E-state index is 13.1. The van der Waals surface area contributed by atoms with Gasteiger partial charge in [0.15, 0.2) is 5.78 Å². The van der Waals surface area contributed by atoms with Crippen molar-refractivity contribution in [3.05, 3.63) is 83.3 Å². The lowest BCUT2D eigenvalue weighted by atomic mass is 9.98. The van der Waals surface area contributed by atoms with Crippen molar-refractivity contribution in [3.8, 4) is 0 Å². The van der Waals surface area contributed by atoms with Gasteiger partial charge in [0.2, 0.25) is 0 Å². The van der Waals surface area contributed by atoms with Gasteiger partial charge < -0.3 is 0 Å².